The van der Waals surface area contributed by atoms with Gasteiger partial charge in [0.05, 0.1) is 19.8 Å². The quantitative estimate of drug-likeness (QED) is 0.559. The highest BCUT2D eigenvalue weighted by Crippen LogP contribution is 2.34. The van der Waals surface area contributed by atoms with Gasteiger partial charge in [0.1, 0.15) is 0 Å². The zero-order chi connectivity index (χ0) is 13.5. The van der Waals surface area contributed by atoms with E-state index in [1.165, 1.54) is 14.2 Å². The molecule has 0 aromatic heterocycles. The molecule has 1 fully saturated rings. The lowest BCUT2D eigenvalue weighted by Gasteiger charge is -2.17. The lowest BCUT2D eigenvalue weighted by atomic mass is 9.90. The van der Waals surface area contributed by atoms with E-state index < -0.39 is 5.97 Å². The molecule has 0 aliphatic heterocycles. The zero-order valence-corrected chi connectivity index (χ0v) is 11.5. The fraction of sp³-hybridized carbons (Fsp3) is 0.714. The zero-order valence-electron chi connectivity index (χ0n) is 11.5. The third-order valence-electron chi connectivity index (χ3n) is 3.43. The molecule has 0 spiro atoms. The Balaban J connectivity index is 3.15. The van der Waals surface area contributed by atoms with Gasteiger partial charge in [0.2, 0.25) is 0 Å². The van der Waals surface area contributed by atoms with E-state index in [-0.39, 0.29) is 11.9 Å². The second-order valence-corrected chi connectivity index (χ2v) is 4.61. The Morgan fingerprint density at radius 3 is 2.06 bits per heavy atom. The molecule has 0 saturated heterocycles. The molecule has 0 unspecified atom stereocenters. The van der Waals surface area contributed by atoms with Crippen LogP contribution in [0.2, 0.25) is 0 Å². The first-order chi connectivity index (χ1) is 8.65. The second kappa shape index (κ2) is 7.19. The van der Waals surface area contributed by atoms with Crippen LogP contribution in [0.15, 0.2) is 11.1 Å². The minimum absolute atomic E-state index is 0.151. The average Bonchev–Trinajstić information content (AvgIpc) is 2.90. The van der Waals surface area contributed by atoms with Gasteiger partial charge in [0, 0.05) is 5.57 Å². The monoisotopic (exact) mass is 254 g/mol. The molecule has 0 radical (unpaired) electrons. The highest BCUT2D eigenvalue weighted by atomic mass is 16.5. The summed E-state index contributed by atoms with van der Waals surface area (Å²) in [5.41, 5.74) is 1.04. The fourth-order valence-electron chi connectivity index (χ4n) is 2.58. The van der Waals surface area contributed by atoms with Gasteiger partial charge in [-0.1, -0.05) is 26.2 Å². The van der Waals surface area contributed by atoms with Crippen molar-refractivity contribution < 1.29 is 19.1 Å². The molecule has 0 heterocycles. The number of hydrogen-bond donors (Lipinski definition) is 0. The van der Waals surface area contributed by atoms with Gasteiger partial charge in [-0.15, -0.1) is 0 Å². The van der Waals surface area contributed by atoms with Crippen LogP contribution in [0.1, 0.15) is 45.4 Å². The van der Waals surface area contributed by atoms with Gasteiger partial charge in [0.15, 0.2) is 0 Å². The van der Waals surface area contributed by atoms with Gasteiger partial charge < -0.3 is 9.47 Å². The van der Waals surface area contributed by atoms with Crippen LogP contribution >= 0.6 is 0 Å². The van der Waals surface area contributed by atoms with E-state index in [1.807, 2.05) is 6.92 Å². The van der Waals surface area contributed by atoms with Crippen LogP contribution in [0, 0.1) is 5.92 Å². The SMILES string of the molecule is CCCC(C(=O)OC)=C(C(=O)OC)C1CCCC1. The Hall–Kier alpha value is -1.32. The molecule has 0 N–H and O–H groups in total. The Kier molecular flexibility index (Phi) is 5.89. The maximum Gasteiger partial charge on any atom is 0.334 e. The van der Waals surface area contributed by atoms with E-state index in [2.05, 4.69) is 0 Å². The van der Waals surface area contributed by atoms with E-state index in [0.717, 1.165) is 32.1 Å². The molecule has 1 rings (SSSR count). The molecule has 1 aliphatic carbocycles. The van der Waals surface area contributed by atoms with Crippen molar-refractivity contribution in [3.8, 4) is 0 Å². The number of carbonyl (C=O) groups excluding carboxylic acids is 2. The van der Waals surface area contributed by atoms with Gasteiger partial charge in [-0.2, -0.15) is 0 Å². The molecule has 0 aromatic rings. The summed E-state index contributed by atoms with van der Waals surface area (Å²) >= 11 is 0. The Labute approximate surface area is 108 Å². The summed E-state index contributed by atoms with van der Waals surface area (Å²) in [6.07, 6.45) is 5.48. The predicted molar refractivity (Wildman–Crippen MR) is 67.9 cm³/mol. The molecule has 0 aromatic carbocycles. The van der Waals surface area contributed by atoms with E-state index in [4.69, 9.17) is 9.47 Å². The number of methoxy groups -OCH3 is 2. The van der Waals surface area contributed by atoms with Crippen LogP contribution < -0.4 is 0 Å². The van der Waals surface area contributed by atoms with E-state index in [9.17, 15) is 9.59 Å². The Morgan fingerprint density at radius 2 is 1.61 bits per heavy atom. The van der Waals surface area contributed by atoms with E-state index in [1.54, 1.807) is 0 Å². The van der Waals surface area contributed by atoms with Crippen molar-refractivity contribution in [3.05, 3.63) is 11.1 Å². The molecule has 1 aliphatic rings. The van der Waals surface area contributed by atoms with Crippen molar-refractivity contribution in [1.82, 2.24) is 0 Å². The van der Waals surface area contributed by atoms with Crippen molar-refractivity contribution in [2.45, 2.75) is 45.4 Å². The van der Waals surface area contributed by atoms with Crippen molar-refractivity contribution in [3.63, 3.8) is 0 Å². The smallest absolute Gasteiger partial charge is 0.334 e. The van der Waals surface area contributed by atoms with Crippen molar-refractivity contribution in [2.75, 3.05) is 14.2 Å². The molecule has 18 heavy (non-hydrogen) atoms. The molecule has 4 nitrogen and oxygen atoms in total. The molecule has 0 atom stereocenters. The maximum atomic E-state index is 11.9. The first-order valence-corrected chi connectivity index (χ1v) is 6.55. The fourth-order valence-corrected chi connectivity index (χ4v) is 2.58. The normalized spacial score (nSPS) is 17.3. The Bertz CT molecular complexity index is 338. The van der Waals surface area contributed by atoms with E-state index >= 15 is 0 Å². The molecular formula is C14H22O4. The summed E-state index contributed by atoms with van der Waals surface area (Å²) < 4.78 is 9.64. The van der Waals surface area contributed by atoms with Crippen LogP contribution in [0.25, 0.3) is 0 Å². The first kappa shape index (κ1) is 14.7. The highest BCUT2D eigenvalue weighted by Gasteiger charge is 2.30. The topological polar surface area (TPSA) is 52.6 Å². The second-order valence-electron chi connectivity index (χ2n) is 4.61. The number of hydrogen-bond acceptors (Lipinski definition) is 4. The van der Waals surface area contributed by atoms with Gasteiger partial charge >= 0.3 is 11.9 Å². The molecule has 0 amide bonds. The average molecular weight is 254 g/mol. The van der Waals surface area contributed by atoms with Crippen molar-refractivity contribution >= 4 is 11.9 Å². The van der Waals surface area contributed by atoms with Crippen LogP contribution in [-0.4, -0.2) is 26.2 Å². The summed E-state index contributed by atoms with van der Waals surface area (Å²) in [6, 6.07) is 0. The Morgan fingerprint density at radius 1 is 1.06 bits per heavy atom. The number of esters is 2. The van der Waals surface area contributed by atoms with Crippen LogP contribution in [0.3, 0.4) is 0 Å². The summed E-state index contributed by atoms with van der Waals surface area (Å²) in [7, 11) is 2.71. The molecule has 4 heteroatoms. The summed E-state index contributed by atoms with van der Waals surface area (Å²) in [6.45, 7) is 1.98. The van der Waals surface area contributed by atoms with Crippen molar-refractivity contribution in [2.24, 2.45) is 5.92 Å². The standard InChI is InChI=1S/C14H22O4/c1-4-7-11(13(15)17-2)12(14(16)18-3)10-8-5-6-9-10/h10H,4-9H2,1-3H3. The summed E-state index contributed by atoms with van der Waals surface area (Å²) in [4.78, 5) is 23.8. The number of rotatable bonds is 5. The minimum Gasteiger partial charge on any atom is -0.466 e. The number of carbonyl (C=O) groups is 2. The van der Waals surface area contributed by atoms with Gasteiger partial charge in [0.25, 0.3) is 0 Å². The first-order valence-electron chi connectivity index (χ1n) is 6.55. The predicted octanol–water partition coefficient (Wildman–Crippen LogP) is 2.62. The summed E-state index contributed by atoms with van der Waals surface area (Å²) in [5, 5.41) is 0. The third kappa shape index (κ3) is 3.34. The molecule has 1 saturated carbocycles. The maximum absolute atomic E-state index is 11.9. The van der Waals surface area contributed by atoms with Crippen molar-refractivity contribution in [1.29, 1.82) is 0 Å². The molecule has 0 bridgehead atoms. The number of ether oxygens (including phenoxy) is 2. The third-order valence-corrected chi connectivity index (χ3v) is 3.43. The van der Waals surface area contributed by atoms with E-state index in [0.29, 0.717) is 17.6 Å². The highest BCUT2D eigenvalue weighted by molar-refractivity contribution is 6.00. The van der Waals surface area contributed by atoms with Gasteiger partial charge in [-0.3, -0.25) is 0 Å². The lowest BCUT2D eigenvalue weighted by molar-refractivity contribution is -0.140. The minimum atomic E-state index is -0.399. The summed E-state index contributed by atoms with van der Waals surface area (Å²) in [5.74, 6) is -0.627. The van der Waals surface area contributed by atoms with Crippen LogP contribution in [-0.2, 0) is 19.1 Å². The molecular weight excluding hydrogens is 232 g/mol. The van der Waals surface area contributed by atoms with Crippen LogP contribution in [0.4, 0.5) is 0 Å². The lowest BCUT2D eigenvalue weighted by Crippen LogP contribution is -2.19. The van der Waals surface area contributed by atoms with Crippen LogP contribution in [0.5, 0.6) is 0 Å². The van der Waals surface area contributed by atoms with Gasteiger partial charge in [-0.05, 0) is 25.2 Å². The van der Waals surface area contributed by atoms with Gasteiger partial charge in [-0.25, -0.2) is 9.59 Å². The molecule has 102 valence electrons. The largest absolute Gasteiger partial charge is 0.466 e.